The van der Waals surface area contributed by atoms with Crippen molar-refractivity contribution in [2.24, 2.45) is 5.92 Å². The number of halogens is 3. The first-order chi connectivity index (χ1) is 10.9. The van der Waals surface area contributed by atoms with Crippen LogP contribution in [0.4, 0.5) is 18.9 Å². The van der Waals surface area contributed by atoms with E-state index >= 15 is 0 Å². The molecule has 1 saturated carbocycles. The molecule has 2 atom stereocenters. The van der Waals surface area contributed by atoms with Crippen molar-refractivity contribution in [3.05, 3.63) is 42.1 Å². The number of pyridine rings is 2. The molecule has 0 bridgehead atoms. The van der Waals surface area contributed by atoms with Gasteiger partial charge in [-0.05, 0) is 30.5 Å². The number of nitrogen functional groups attached to an aromatic ring is 1. The van der Waals surface area contributed by atoms with Crippen molar-refractivity contribution in [2.45, 2.75) is 38.0 Å². The molecular formula is C17H18F3N3. The van der Waals surface area contributed by atoms with E-state index in [9.17, 15) is 13.2 Å². The van der Waals surface area contributed by atoms with Crippen LogP contribution in [0.1, 0.15) is 37.8 Å². The van der Waals surface area contributed by atoms with Crippen LogP contribution in [0.2, 0.25) is 0 Å². The highest BCUT2D eigenvalue weighted by atomic mass is 19.3. The monoisotopic (exact) mass is 321 g/mol. The highest BCUT2D eigenvalue weighted by Crippen LogP contribution is 2.46. The van der Waals surface area contributed by atoms with Crippen LogP contribution in [0.25, 0.3) is 11.3 Å². The SMILES string of the molecule is CC1CC(F)(F)CCC1c1nccc(-c2ncccc2F)c1N. The standard InChI is InChI=1S/C17H18F3N3/c1-10-9-17(19,20)6-4-11(10)16-14(21)12(5-8-23-16)15-13(18)3-2-7-22-15/h2-3,5,7-8,10-11H,4,6,9,21H2,1H3. The van der Waals surface area contributed by atoms with Gasteiger partial charge in [-0.1, -0.05) is 6.92 Å². The van der Waals surface area contributed by atoms with Crippen LogP contribution in [-0.4, -0.2) is 15.9 Å². The lowest BCUT2D eigenvalue weighted by molar-refractivity contribution is -0.0558. The lowest BCUT2D eigenvalue weighted by Gasteiger charge is -2.34. The second-order valence-corrected chi connectivity index (χ2v) is 6.17. The zero-order valence-corrected chi connectivity index (χ0v) is 12.8. The van der Waals surface area contributed by atoms with Crippen molar-refractivity contribution in [1.82, 2.24) is 9.97 Å². The molecule has 0 aromatic carbocycles. The van der Waals surface area contributed by atoms with Gasteiger partial charge in [0, 0.05) is 36.7 Å². The summed E-state index contributed by atoms with van der Waals surface area (Å²) in [7, 11) is 0. The Hall–Kier alpha value is -2.11. The topological polar surface area (TPSA) is 51.8 Å². The van der Waals surface area contributed by atoms with E-state index in [1.807, 2.05) is 0 Å². The van der Waals surface area contributed by atoms with Crippen LogP contribution in [0.5, 0.6) is 0 Å². The van der Waals surface area contributed by atoms with Crippen molar-refractivity contribution in [3.63, 3.8) is 0 Å². The summed E-state index contributed by atoms with van der Waals surface area (Å²) in [5.74, 6) is -3.49. The molecule has 23 heavy (non-hydrogen) atoms. The molecule has 2 N–H and O–H groups in total. The third kappa shape index (κ3) is 3.02. The molecule has 0 aliphatic heterocycles. The Bertz CT molecular complexity index is 718. The molecule has 6 heteroatoms. The highest BCUT2D eigenvalue weighted by Gasteiger charge is 2.41. The molecule has 3 nitrogen and oxygen atoms in total. The summed E-state index contributed by atoms with van der Waals surface area (Å²) in [5.41, 5.74) is 7.69. The molecule has 1 aliphatic carbocycles. The van der Waals surface area contributed by atoms with Gasteiger partial charge in [0.2, 0.25) is 5.92 Å². The smallest absolute Gasteiger partial charge is 0.248 e. The number of alkyl halides is 2. The first-order valence-electron chi connectivity index (χ1n) is 7.62. The lowest BCUT2D eigenvalue weighted by atomic mass is 9.76. The number of nitrogens with zero attached hydrogens (tertiary/aromatic N) is 2. The Morgan fingerprint density at radius 3 is 2.70 bits per heavy atom. The summed E-state index contributed by atoms with van der Waals surface area (Å²) in [6, 6.07) is 4.42. The molecule has 2 heterocycles. The molecule has 3 rings (SSSR count). The Morgan fingerprint density at radius 2 is 2.00 bits per heavy atom. The maximum atomic E-state index is 14.0. The normalized spacial score (nSPS) is 23.7. The van der Waals surface area contributed by atoms with E-state index in [1.165, 1.54) is 24.5 Å². The van der Waals surface area contributed by atoms with Gasteiger partial charge in [-0.25, -0.2) is 13.2 Å². The van der Waals surface area contributed by atoms with Crippen LogP contribution < -0.4 is 5.73 Å². The number of hydrogen-bond acceptors (Lipinski definition) is 3. The van der Waals surface area contributed by atoms with E-state index in [2.05, 4.69) is 9.97 Å². The van der Waals surface area contributed by atoms with Crippen molar-refractivity contribution in [1.29, 1.82) is 0 Å². The Kier molecular flexibility index (Phi) is 4.00. The zero-order valence-electron chi connectivity index (χ0n) is 12.8. The molecular weight excluding hydrogens is 303 g/mol. The Labute approximate surface area is 132 Å². The molecule has 1 fully saturated rings. The molecule has 2 unspecified atom stereocenters. The summed E-state index contributed by atoms with van der Waals surface area (Å²) in [4.78, 5) is 8.33. The maximum absolute atomic E-state index is 14.0. The van der Waals surface area contributed by atoms with Gasteiger partial charge in [0.25, 0.3) is 0 Å². The third-order valence-corrected chi connectivity index (χ3v) is 4.51. The molecule has 0 amide bonds. The van der Waals surface area contributed by atoms with Gasteiger partial charge in [0.15, 0.2) is 0 Å². The lowest BCUT2D eigenvalue weighted by Crippen LogP contribution is -2.30. The Morgan fingerprint density at radius 1 is 1.22 bits per heavy atom. The van der Waals surface area contributed by atoms with Gasteiger partial charge < -0.3 is 5.73 Å². The minimum Gasteiger partial charge on any atom is -0.397 e. The van der Waals surface area contributed by atoms with Crippen molar-refractivity contribution in [3.8, 4) is 11.3 Å². The summed E-state index contributed by atoms with van der Waals surface area (Å²) in [5, 5.41) is 0. The highest BCUT2D eigenvalue weighted by molar-refractivity contribution is 5.75. The second kappa shape index (κ2) is 5.83. The van der Waals surface area contributed by atoms with Gasteiger partial charge in [-0.2, -0.15) is 0 Å². The van der Waals surface area contributed by atoms with Gasteiger partial charge >= 0.3 is 0 Å². The van der Waals surface area contributed by atoms with Crippen LogP contribution in [0.15, 0.2) is 30.6 Å². The van der Waals surface area contributed by atoms with E-state index in [1.54, 1.807) is 13.0 Å². The molecule has 0 saturated heterocycles. The van der Waals surface area contributed by atoms with E-state index < -0.39 is 11.7 Å². The minimum absolute atomic E-state index is 0.152. The Balaban J connectivity index is 2.00. The van der Waals surface area contributed by atoms with Gasteiger partial charge in [-0.15, -0.1) is 0 Å². The fourth-order valence-electron chi connectivity index (χ4n) is 3.35. The molecule has 1 aliphatic rings. The summed E-state index contributed by atoms with van der Waals surface area (Å²) < 4.78 is 41.0. The van der Waals surface area contributed by atoms with Gasteiger partial charge in [0.05, 0.1) is 11.4 Å². The predicted octanol–water partition coefficient (Wildman–Crippen LogP) is 4.40. The van der Waals surface area contributed by atoms with Crippen LogP contribution in [-0.2, 0) is 0 Å². The van der Waals surface area contributed by atoms with Gasteiger partial charge in [0.1, 0.15) is 11.5 Å². The average Bonchev–Trinajstić information content (AvgIpc) is 2.48. The van der Waals surface area contributed by atoms with E-state index in [-0.39, 0.29) is 30.4 Å². The van der Waals surface area contributed by atoms with Crippen LogP contribution >= 0.6 is 0 Å². The molecule has 122 valence electrons. The average molecular weight is 321 g/mol. The number of aromatic nitrogens is 2. The van der Waals surface area contributed by atoms with E-state index in [0.717, 1.165) is 0 Å². The third-order valence-electron chi connectivity index (χ3n) is 4.51. The maximum Gasteiger partial charge on any atom is 0.248 e. The fraction of sp³-hybridized carbons (Fsp3) is 0.412. The molecule has 0 spiro atoms. The summed E-state index contributed by atoms with van der Waals surface area (Å²) >= 11 is 0. The largest absolute Gasteiger partial charge is 0.397 e. The van der Waals surface area contributed by atoms with Crippen molar-refractivity contribution in [2.75, 3.05) is 5.73 Å². The first-order valence-corrected chi connectivity index (χ1v) is 7.62. The minimum atomic E-state index is -2.63. The number of rotatable bonds is 2. The van der Waals surface area contributed by atoms with Gasteiger partial charge in [-0.3, -0.25) is 9.97 Å². The number of nitrogens with two attached hydrogens (primary N) is 1. The summed E-state index contributed by atoms with van der Waals surface area (Å²) in [6.07, 6.45) is 2.99. The van der Waals surface area contributed by atoms with Crippen LogP contribution in [0, 0.1) is 11.7 Å². The second-order valence-electron chi connectivity index (χ2n) is 6.17. The van der Waals surface area contributed by atoms with Crippen molar-refractivity contribution < 1.29 is 13.2 Å². The number of hydrogen-bond donors (Lipinski definition) is 1. The summed E-state index contributed by atoms with van der Waals surface area (Å²) in [6.45, 7) is 1.78. The molecule has 0 radical (unpaired) electrons. The van der Waals surface area contributed by atoms with Crippen molar-refractivity contribution >= 4 is 5.69 Å². The molecule has 2 aromatic heterocycles. The van der Waals surface area contributed by atoms with Crippen LogP contribution in [0.3, 0.4) is 0 Å². The quantitative estimate of drug-likeness (QED) is 0.891. The predicted molar refractivity (Wildman–Crippen MR) is 82.5 cm³/mol. The van der Waals surface area contributed by atoms with E-state index in [0.29, 0.717) is 23.4 Å². The molecule has 2 aromatic rings. The first kappa shape index (κ1) is 15.8. The number of anilines is 1. The fourth-order valence-corrected chi connectivity index (χ4v) is 3.35. The van der Waals surface area contributed by atoms with E-state index in [4.69, 9.17) is 5.73 Å². The zero-order chi connectivity index (χ0) is 16.6.